The molecule has 0 atom stereocenters. The van der Waals surface area contributed by atoms with Crippen molar-refractivity contribution < 1.29 is 13.9 Å². The summed E-state index contributed by atoms with van der Waals surface area (Å²) in [7, 11) is 0. The first-order valence-electron chi connectivity index (χ1n) is 8.36. The minimum atomic E-state index is -0.302. The smallest absolute Gasteiger partial charge is 0.226 e. The van der Waals surface area contributed by atoms with Gasteiger partial charge in [-0.15, -0.1) is 11.3 Å². The second-order valence-electron chi connectivity index (χ2n) is 5.98. The molecule has 4 rings (SSSR count). The Morgan fingerprint density at radius 1 is 1.11 bits per heavy atom. The fraction of sp³-hybridized carbons (Fsp3) is 0.100. The maximum Gasteiger partial charge on any atom is 0.226 e. The summed E-state index contributed by atoms with van der Waals surface area (Å²) in [6.07, 6.45) is 4.04. The monoisotopic (exact) mass is 381 g/mol. The second-order valence-corrected chi connectivity index (χ2v) is 6.85. The average Bonchev–Trinajstić information content (AvgIpc) is 3.25. The van der Waals surface area contributed by atoms with E-state index in [1.54, 1.807) is 12.1 Å². The van der Waals surface area contributed by atoms with Gasteiger partial charge in [-0.3, -0.25) is 9.20 Å². The molecular formula is C20H16FN3O2S. The molecule has 2 heterocycles. The fourth-order valence-electron chi connectivity index (χ4n) is 2.60. The van der Waals surface area contributed by atoms with E-state index in [1.807, 2.05) is 46.4 Å². The largest absolute Gasteiger partial charge is 0.457 e. The maximum absolute atomic E-state index is 12.9. The first-order chi connectivity index (χ1) is 13.2. The number of benzene rings is 2. The van der Waals surface area contributed by atoms with E-state index in [9.17, 15) is 9.18 Å². The summed E-state index contributed by atoms with van der Waals surface area (Å²) >= 11 is 1.54. The zero-order valence-electron chi connectivity index (χ0n) is 14.3. The van der Waals surface area contributed by atoms with E-state index in [0.29, 0.717) is 18.0 Å². The Labute approximate surface area is 159 Å². The first kappa shape index (κ1) is 17.2. The fourth-order valence-corrected chi connectivity index (χ4v) is 3.32. The van der Waals surface area contributed by atoms with Crippen molar-refractivity contribution >= 4 is 22.2 Å². The number of ether oxygens (including phenoxy) is 1. The number of amides is 1. The molecule has 0 radical (unpaired) electrons. The number of carbonyl (C=O) groups excluding carboxylic acids is 1. The number of fused-ring (bicyclic) bond motifs is 1. The molecule has 7 heteroatoms. The van der Waals surface area contributed by atoms with Gasteiger partial charge in [0.15, 0.2) is 4.96 Å². The number of hydrogen-bond donors (Lipinski definition) is 1. The van der Waals surface area contributed by atoms with Crippen LogP contribution in [0.25, 0.3) is 4.96 Å². The maximum atomic E-state index is 12.9. The van der Waals surface area contributed by atoms with Gasteiger partial charge in [-0.2, -0.15) is 0 Å². The third-order valence-electron chi connectivity index (χ3n) is 3.95. The number of nitrogens with one attached hydrogen (secondary N) is 1. The summed E-state index contributed by atoms with van der Waals surface area (Å²) in [4.78, 5) is 17.4. The van der Waals surface area contributed by atoms with Crippen molar-refractivity contribution in [2.45, 2.75) is 13.0 Å². The van der Waals surface area contributed by atoms with Crippen LogP contribution in [0.15, 0.2) is 66.3 Å². The molecular weight excluding hydrogens is 365 g/mol. The SMILES string of the molecule is O=C(Cc1cn2ccsc2n1)NCc1ccc(Oc2ccc(F)cc2)cc1. The Morgan fingerprint density at radius 3 is 2.52 bits per heavy atom. The standard InChI is InChI=1S/C20H16FN3O2S/c21-15-3-7-18(8-4-15)26-17-5-1-14(2-6-17)12-22-19(25)11-16-13-24-9-10-27-20(24)23-16/h1-10,13H,11-12H2,(H,22,25). The van der Waals surface area contributed by atoms with Crippen molar-refractivity contribution in [3.8, 4) is 11.5 Å². The van der Waals surface area contributed by atoms with E-state index in [2.05, 4.69) is 10.3 Å². The van der Waals surface area contributed by atoms with E-state index in [-0.39, 0.29) is 18.1 Å². The van der Waals surface area contributed by atoms with Gasteiger partial charge < -0.3 is 10.1 Å². The molecule has 0 unspecified atom stereocenters. The zero-order chi connectivity index (χ0) is 18.6. The van der Waals surface area contributed by atoms with Gasteiger partial charge in [0.2, 0.25) is 5.91 Å². The molecule has 0 fully saturated rings. The Balaban J connectivity index is 1.29. The molecule has 136 valence electrons. The predicted molar refractivity (Wildman–Crippen MR) is 102 cm³/mol. The number of carbonyl (C=O) groups is 1. The van der Waals surface area contributed by atoms with Crippen molar-refractivity contribution in [1.82, 2.24) is 14.7 Å². The Kier molecular flexibility index (Phi) is 4.84. The van der Waals surface area contributed by atoms with E-state index < -0.39 is 0 Å². The van der Waals surface area contributed by atoms with Crippen molar-refractivity contribution in [3.05, 3.63) is 83.4 Å². The molecule has 0 spiro atoms. The van der Waals surface area contributed by atoms with Crippen molar-refractivity contribution in [3.63, 3.8) is 0 Å². The lowest BCUT2D eigenvalue weighted by Gasteiger charge is -2.08. The number of halogens is 1. The Morgan fingerprint density at radius 2 is 1.81 bits per heavy atom. The van der Waals surface area contributed by atoms with Crippen molar-refractivity contribution in [2.75, 3.05) is 0 Å². The molecule has 1 N–H and O–H groups in total. The molecule has 5 nitrogen and oxygen atoms in total. The van der Waals surface area contributed by atoms with Gasteiger partial charge in [0, 0.05) is 24.3 Å². The van der Waals surface area contributed by atoms with Crippen LogP contribution in [0.1, 0.15) is 11.3 Å². The van der Waals surface area contributed by atoms with Crippen LogP contribution >= 0.6 is 11.3 Å². The highest BCUT2D eigenvalue weighted by Gasteiger charge is 2.08. The van der Waals surface area contributed by atoms with Crippen LogP contribution in [0, 0.1) is 5.82 Å². The molecule has 0 saturated carbocycles. The summed E-state index contributed by atoms with van der Waals surface area (Å²) < 4.78 is 20.5. The highest BCUT2D eigenvalue weighted by atomic mass is 32.1. The predicted octanol–water partition coefficient (Wildman–Crippen LogP) is 4.19. The Bertz CT molecular complexity index is 1030. The highest BCUT2D eigenvalue weighted by molar-refractivity contribution is 7.15. The summed E-state index contributed by atoms with van der Waals surface area (Å²) in [6.45, 7) is 0.428. The number of nitrogens with zero attached hydrogens (tertiary/aromatic N) is 2. The second kappa shape index (κ2) is 7.59. The van der Waals surface area contributed by atoms with Crippen LogP contribution in [0.2, 0.25) is 0 Å². The van der Waals surface area contributed by atoms with Gasteiger partial charge in [0.1, 0.15) is 17.3 Å². The molecule has 0 saturated heterocycles. The first-order valence-corrected chi connectivity index (χ1v) is 9.24. The van der Waals surface area contributed by atoms with Gasteiger partial charge in [-0.1, -0.05) is 12.1 Å². The molecule has 0 bridgehead atoms. The van der Waals surface area contributed by atoms with Crippen molar-refractivity contribution in [2.24, 2.45) is 0 Å². The van der Waals surface area contributed by atoms with Crippen LogP contribution in [0.5, 0.6) is 11.5 Å². The van der Waals surface area contributed by atoms with E-state index in [4.69, 9.17) is 4.74 Å². The number of imidazole rings is 1. The summed E-state index contributed by atoms with van der Waals surface area (Å²) in [5.74, 6) is 0.836. The quantitative estimate of drug-likeness (QED) is 0.545. The molecule has 0 aliphatic rings. The molecule has 2 aromatic carbocycles. The summed E-state index contributed by atoms with van der Waals surface area (Å²) in [5.41, 5.74) is 1.71. The van der Waals surface area contributed by atoms with Gasteiger partial charge >= 0.3 is 0 Å². The number of thiazole rings is 1. The number of hydrogen-bond acceptors (Lipinski definition) is 4. The molecule has 1 amide bonds. The molecule has 0 aliphatic carbocycles. The molecule has 4 aromatic rings. The number of aromatic nitrogens is 2. The van der Waals surface area contributed by atoms with E-state index >= 15 is 0 Å². The number of rotatable bonds is 6. The zero-order valence-corrected chi connectivity index (χ0v) is 15.1. The van der Waals surface area contributed by atoms with Crippen LogP contribution in [0.4, 0.5) is 4.39 Å². The lowest BCUT2D eigenvalue weighted by Crippen LogP contribution is -2.24. The van der Waals surface area contributed by atoms with Gasteiger partial charge in [-0.25, -0.2) is 9.37 Å². The topological polar surface area (TPSA) is 55.6 Å². The third-order valence-corrected chi connectivity index (χ3v) is 4.72. The van der Waals surface area contributed by atoms with Gasteiger partial charge in [0.25, 0.3) is 0 Å². The highest BCUT2D eigenvalue weighted by Crippen LogP contribution is 2.21. The minimum absolute atomic E-state index is 0.0765. The lowest BCUT2D eigenvalue weighted by molar-refractivity contribution is -0.120. The van der Waals surface area contributed by atoms with E-state index in [1.165, 1.54) is 23.5 Å². The Hall–Kier alpha value is -3.19. The average molecular weight is 381 g/mol. The van der Waals surface area contributed by atoms with Crippen LogP contribution in [-0.4, -0.2) is 15.3 Å². The van der Waals surface area contributed by atoms with Crippen molar-refractivity contribution in [1.29, 1.82) is 0 Å². The summed E-state index contributed by atoms with van der Waals surface area (Å²) in [6, 6.07) is 13.2. The third kappa shape index (κ3) is 4.32. The van der Waals surface area contributed by atoms with Crippen LogP contribution in [0.3, 0.4) is 0 Å². The van der Waals surface area contributed by atoms with Crippen LogP contribution < -0.4 is 10.1 Å². The lowest BCUT2D eigenvalue weighted by atomic mass is 10.2. The van der Waals surface area contributed by atoms with Gasteiger partial charge in [-0.05, 0) is 42.0 Å². The summed E-state index contributed by atoms with van der Waals surface area (Å²) in [5, 5.41) is 4.85. The van der Waals surface area contributed by atoms with E-state index in [0.717, 1.165) is 16.2 Å². The normalized spacial score (nSPS) is 10.9. The molecule has 27 heavy (non-hydrogen) atoms. The minimum Gasteiger partial charge on any atom is -0.457 e. The van der Waals surface area contributed by atoms with Gasteiger partial charge in [0.05, 0.1) is 12.1 Å². The molecule has 2 aromatic heterocycles. The van der Waals surface area contributed by atoms with Crippen LogP contribution in [-0.2, 0) is 17.8 Å². The molecule has 0 aliphatic heterocycles.